The number of phosphoric acid groups is 1. The van der Waals surface area contributed by atoms with Gasteiger partial charge in [-0.05, 0) is 83.5 Å². The van der Waals surface area contributed by atoms with Crippen LogP contribution in [0.3, 0.4) is 0 Å². The molecule has 0 aromatic rings. The molecule has 0 heterocycles. The minimum Gasteiger partial charge on any atom is -0.480 e. The van der Waals surface area contributed by atoms with Crippen LogP contribution in [0.5, 0.6) is 0 Å². The van der Waals surface area contributed by atoms with Crippen molar-refractivity contribution in [3.63, 3.8) is 0 Å². The lowest BCUT2D eigenvalue weighted by Crippen LogP contribution is -2.34. The number of carbonyl (C=O) groups is 3. The zero-order valence-electron chi connectivity index (χ0n) is 35.9. The first-order valence-corrected chi connectivity index (χ1v) is 23.2. The van der Waals surface area contributed by atoms with Gasteiger partial charge in [0.15, 0.2) is 6.10 Å². The fourth-order valence-electron chi connectivity index (χ4n) is 5.21. The molecular weight excluding hydrogens is 773 g/mol. The van der Waals surface area contributed by atoms with E-state index in [0.29, 0.717) is 32.1 Å². The van der Waals surface area contributed by atoms with Crippen LogP contribution in [0.4, 0.5) is 0 Å². The van der Waals surface area contributed by atoms with E-state index in [1.165, 1.54) is 38.5 Å². The standard InChI is InChI=1S/C46H76NO11P/c1-3-5-7-9-11-12-13-14-15-16-17-18-19-20-25-29-33-37-45(50)58-42(39-56-59(53,54)57-40-43(47)46(51)52)38-55-44(49)36-32-28-24-22-21-23-27-31-35-41(48)34-30-26-10-8-6-4-2/h11-12,14-15,17-18,22-24,26-27,30-31,35,41-43,48H,3-10,13,16,19-21,25,28-29,32-34,36-40,47H2,1-2H3,(H,51,52)(H,53,54)/b12-11-,15-14-,18-17-,24-22-,27-23-,30-26-,35-31+/t41-,42-,43+/m1/s1. The van der Waals surface area contributed by atoms with Crippen molar-refractivity contribution in [3.05, 3.63) is 85.1 Å². The van der Waals surface area contributed by atoms with Gasteiger partial charge in [0.25, 0.3) is 0 Å². The van der Waals surface area contributed by atoms with E-state index in [1.54, 1.807) is 6.08 Å². The van der Waals surface area contributed by atoms with Crippen LogP contribution in [0.2, 0.25) is 0 Å². The summed E-state index contributed by atoms with van der Waals surface area (Å²) in [6, 6.07) is -1.55. The van der Waals surface area contributed by atoms with Gasteiger partial charge in [-0.15, -0.1) is 0 Å². The number of rotatable bonds is 39. The van der Waals surface area contributed by atoms with Gasteiger partial charge in [0, 0.05) is 12.8 Å². The maximum atomic E-state index is 12.6. The fourth-order valence-corrected chi connectivity index (χ4v) is 5.98. The zero-order valence-corrected chi connectivity index (χ0v) is 36.8. The molecule has 4 atom stereocenters. The summed E-state index contributed by atoms with van der Waals surface area (Å²) in [5.41, 5.74) is 5.32. The molecule has 12 nitrogen and oxygen atoms in total. The Morgan fingerprint density at radius 3 is 1.73 bits per heavy atom. The molecule has 59 heavy (non-hydrogen) atoms. The van der Waals surface area contributed by atoms with Gasteiger partial charge < -0.3 is 30.3 Å². The number of nitrogens with two attached hydrogens (primary N) is 1. The smallest absolute Gasteiger partial charge is 0.472 e. The molecule has 0 aromatic heterocycles. The van der Waals surface area contributed by atoms with E-state index in [1.807, 2.05) is 36.5 Å². The molecule has 13 heteroatoms. The molecule has 1 unspecified atom stereocenters. The Morgan fingerprint density at radius 2 is 1.12 bits per heavy atom. The van der Waals surface area contributed by atoms with Crippen molar-refractivity contribution in [2.75, 3.05) is 19.8 Å². The second-order valence-electron chi connectivity index (χ2n) is 14.3. The van der Waals surface area contributed by atoms with Crippen LogP contribution in [0.15, 0.2) is 85.1 Å². The molecule has 0 saturated carbocycles. The summed E-state index contributed by atoms with van der Waals surface area (Å²) in [5.74, 6) is -2.54. The number of aliphatic hydroxyl groups is 1. The Hall–Kier alpha value is -3.38. The third-order valence-electron chi connectivity index (χ3n) is 8.70. The number of ether oxygens (including phenoxy) is 2. The Balaban J connectivity index is 4.59. The summed E-state index contributed by atoms with van der Waals surface area (Å²) >= 11 is 0. The molecule has 0 amide bonds. The first kappa shape index (κ1) is 55.6. The lowest BCUT2D eigenvalue weighted by molar-refractivity contribution is -0.161. The number of carbonyl (C=O) groups excluding carboxylic acids is 2. The first-order chi connectivity index (χ1) is 28.5. The number of carboxylic acid groups (broad SMARTS) is 1. The zero-order chi connectivity index (χ0) is 43.7. The van der Waals surface area contributed by atoms with E-state index in [4.69, 9.17) is 24.8 Å². The molecule has 0 bridgehead atoms. The number of hydrogen-bond acceptors (Lipinski definition) is 10. The van der Waals surface area contributed by atoms with Crippen LogP contribution >= 0.6 is 7.82 Å². The molecule has 0 aromatic carbocycles. The SMILES string of the molecule is CCCCC/C=C\C/C=C\C/C=C\CCCCCCC(=O)O[C@H](COC(=O)CCC/C=C\C/C=C\C=C\[C@H](O)C/C=C\CCCCC)COP(=O)(O)OC[C@H](N)C(=O)O. The summed E-state index contributed by atoms with van der Waals surface area (Å²) in [6.45, 7) is 2.56. The number of unbranched alkanes of at least 4 members (excludes halogenated alkanes) is 11. The third-order valence-corrected chi connectivity index (χ3v) is 9.65. The Morgan fingerprint density at radius 1 is 0.610 bits per heavy atom. The van der Waals surface area contributed by atoms with Gasteiger partial charge in [0.2, 0.25) is 0 Å². The van der Waals surface area contributed by atoms with Gasteiger partial charge >= 0.3 is 25.7 Å². The first-order valence-electron chi connectivity index (χ1n) is 21.7. The molecular formula is C46H76NO11P. The van der Waals surface area contributed by atoms with Gasteiger partial charge in [-0.1, -0.05) is 137 Å². The summed E-state index contributed by atoms with van der Waals surface area (Å²) in [7, 11) is -4.75. The molecule has 0 aliphatic carbocycles. The average molecular weight is 850 g/mol. The molecule has 0 aliphatic heterocycles. The van der Waals surface area contributed by atoms with Crippen molar-refractivity contribution in [3.8, 4) is 0 Å². The van der Waals surface area contributed by atoms with Crippen molar-refractivity contribution >= 4 is 25.7 Å². The highest BCUT2D eigenvalue weighted by atomic mass is 31.2. The van der Waals surface area contributed by atoms with Crippen molar-refractivity contribution in [2.45, 2.75) is 167 Å². The highest BCUT2D eigenvalue weighted by Crippen LogP contribution is 2.43. The number of aliphatic hydroxyl groups excluding tert-OH is 1. The lowest BCUT2D eigenvalue weighted by Gasteiger charge is -2.20. The molecule has 0 radical (unpaired) electrons. The molecule has 0 spiro atoms. The van der Waals surface area contributed by atoms with Crippen LogP contribution < -0.4 is 5.73 Å². The number of aliphatic carboxylic acids is 1. The highest BCUT2D eigenvalue weighted by molar-refractivity contribution is 7.47. The van der Waals surface area contributed by atoms with E-state index < -0.39 is 63.8 Å². The summed E-state index contributed by atoms with van der Waals surface area (Å²) in [5, 5.41) is 18.9. The van der Waals surface area contributed by atoms with Gasteiger partial charge in [-0.2, -0.15) is 0 Å². The van der Waals surface area contributed by atoms with E-state index in [0.717, 1.165) is 51.4 Å². The molecule has 0 fully saturated rings. The van der Waals surface area contributed by atoms with E-state index in [2.05, 4.69) is 60.9 Å². The molecule has 336 valence electrons. The third kappa shape index (κ3) is 39.8. The number of allylic oxidation sites excluding steroid dienone is 12. The van der Waals surface area contributed by atoms with E-state index in [9.17, 15) is 28.9 Å². The predicted molar refractivity (Wildman–Crippen MR) is 236 cm³/mol. The summed E-state index contributed by atoms with van der Waals surface area (Å²) in [4.78, 5) is 45.9. The monoisotopic (exact) mass is 850 g/mol. The van der Waals surface area contributed by atoms with Gasteiger partial charge in [0.1, 0.15) is 12.6 Å². The summed E-state index contributed by atoms with van der Waals surface area (Å²) < 4.78 is 32.6. The van der Waals surface area contributed by atoms with Crippen LogP contribution in [-0.2, 0) is 37.5 Å². The second kappa shape index (κ2) is 40.0. The van der Waals surface area contributed by atoms with Crippen LogP contribution in [0.1, 0.15) is 149 Å². The molecule has 0 aliphatic rings. The molecule has 0 saturated heterocycles. The maximum Gasteiger partial charge on any atom is 0.472 e. The number of esters is 2. The topological polar surface area (TPSA) is 192 Å². The van der Waals surface area contributed by atoms with Crippen LogP contribution in [0.25, 0.3) is 0 Å². The van der Waals surface area contributed by atoms with Crippen LogP contribution in [0, 0.1) is 0 Å². The predicted octanol–water partition coefficient (Wildman–Crippen LogP) is 10.5. The Labute approximate surface area is 355 Å². The Kier molecular flexibility index (Phi) is 37.8. The average Bonchev–Trinajstić information content (AvgIpc) is 3.21. The lowest BCUT2D eigenvalue weighted by atomic mass is 10.1. The largest absolute Gasteiger partial charge is 0.480 e. The van der Waals surface area contributed by atoms with Crippen molar-refractivity contribution in [1.82, 2.24) is 0 Å². The van der Waals surface area contributed by atoms with E-state index in [-0.39, 0.29) is 12.8 Å². The fraction of sp³-hybridized carbons (Fsp3) is 0.630. The minimum absolute atomic E-state index is 0.104. The van der Waals surface area contributed by atoms with Gasteiger partial charge in [-0.3, -0.25) is 23.4 Å². The van der Waals surface area contributed by atoms with Crippen LogP contribution in [-0.4, -0.2) is 71.1 Å². The Bertz CT molecular complexity index is 1340. The highest BCUT2D eigenvalue weighted by Gasteiger charge is 2.28. The van der Waals surface area contributed by atoms with E-state index >= 15 is 0 Å². The minimum atomic E-state index is -4.75. The molecule has 5 N–H and O–H groups in total. The number of phosphoric ester groups is 1. The normalized spacial score (nSPS) is 15.1. The second-order valence-corrected chi connectivity index (χ2v) is 15.8. The maximum absolute atomic E-state index is 12.6. The number of carboxylic acids is 1. The van der Waals surface area contributed by atoms with Crippen molar-refractivity contribution in [1.29, 1.82) is 0 Å². The van der Waals surface area contributed by atoms with Gasteiger partial charge in [0.05, 0.1) is 19.3 Å². The quantitative estimate of drug-likeness (QED) is 0.0151. The van der Waals surface area contributed by atoms with Gasteiger partial charge in [-0.25, -0.2) is 4.57 Å². The van der Waals surface area contributed by atoms with Crippen molar-refractivity contribution < 1.29 is 52.6 Å². The number of hydrogen-bond donors (Lipinski definition) is 4. The van der Waals surface area contributed by atoms with Crippen molar-refractivity contribution in [2.24, 2.45) is 5.73 Å². The molecule has 0 rings (SSSR count). The summed E-state index contributed by atoms with van der Waals surface area (Å²) in [6.07, 6.45) is 45.3.